The molecule has 0 fully saturated rings. The summed E-state index contributed by atoms with van der Waals surface area (Å²) < 4.78 is 41.7. The van der Waals surface area contributed by atoms with Crippen LogP contribution in [0, 0.1) is 0 Å². The summed E-state index contributed by atoms with van der Waals surface area (Å²) >= 11 is 0. The van der Waals surface area contributed by atoms with Crippen molar-refractivity contribution in [3.8, 4) is 16.8 Å². The predicted octanol–water partition coefficient (Wildman–Crippen LogP) is 5.09. The second-order valence-electron chi connectivity index (χ2n) is 6.53. The Balaban J connectivity index is 2.01. The molecule has 0 saturated heterocycles. The zero-order valence-electron chi connectivity index (χ0n) is 15.5. The third-order valence-corrected chi connectivity index (χ3v) is 4.53. The fourth-order valence-electron chi connectivity index (χ4n) is 2.87. The number of carbonyl (C=O) groups is 1. The van der Waals surface area contributed by atoms with Crippen LogP contribution in [0.4, 0.5) is 13.2 Å². The molecule has 0 unspecified atom stereocenters. The number of imidazole rings is 1. The van der Waals surface area contributed by atoms with Gasteiger partial charge in [-0.15, -0.1) is 0 Å². The molecule has 0 spiro atoms. The Kier molecular flexibility index (Phi) is 5.53. The van der Waals surface area contributed by atoms with Crippen LogP contribution in [-0.2, 0) is 6.18 Å². The molecule has 1 amide bonds. The van der Waals surface area contributed by atoms with Crippen molar-refractivity contribution >= 4 is 5.91 Å². The summed E-state index contributed by atoms with van der Waals surface area (Å²) in [6.07, 6.45) is -0.763. The maximum Gasteiger partial charge on any atom is 0.417 e. The highest BCUT2D eigenvalue weighted by atomic mass is 19.4. The Morgan fingerprint density at radius 2 is 1.93 bits per heavy atom. The number of hydrogen-bond acceptors (Lipinski definition) is 2. The highest BCUT2D eigenvalue weighted by Crippen LogP contribution is 2.37. The monoisotopic (exact) mass is 387 g/mol. The van der Waals surface area contributed by atoms with Gasteiger partial charge in [0.25, 0.3) is 5.91 Å². The van der Waals surface area contributed by atoms with Crippen molar-refractivity contribution in [1.29, 1.82) is 0 Å². The second-order valence-corrected chi connectivity index (χ2v) is 6.53. The average molecular weight is 387 g/mol. The number of benzene rings is 2. The first-order valence-corrected chi connectivity index (χ1v) is 8.91. The lowest BCUT2D eigenvalue weighted by molar-refractivity contribution is -0.137. The highest BCUT2D eigenvalue weighted by molar-refractivity contribution is 5.93. The normalized spacial score (nSPS) is 12.6. The Labute approximate surface area is 161 Å². The van der Waals surface area contributed by atoms with E-state index in [1.165, 1.54) is 24.7 Å². The molecule has 0 aliphatic heterocycles. The number of nitrogens with zero attached hydrogens (tertiary/aromatic N) is 2. The van der Waals surface area contributed by atoms with Gasteiger partial charge in [-0.1, -0.05) is 37.3 Å². The standard InChI is InChI=1S/C21H20F3N3O/c1-3-14(2)26-20(28)19-12-25-13-27(19)16-8-6-7-15(11-16)17-9-4-5-10-18(17)21(22,23)24/h4-14H,3H2,1-2H3,(H,26,28)/t14-/m1/s1. The van der Waals surface area contributed by atoms with Crippen LogP contribution >= 0.6 is 0 Å². The van der Waals surface area contributed by atoms with Crippen molar-refractivity contribution in [3.63, 3.8) is 0 Å². The molecular formula is C21H20F3N3O. The van der Waals surface area contributed by atoms with Crippen LogP contribution in [0.5, 0.6) is 0 Å². The van der Waals surface area contributed by atoms with Gasteiger partial charge in [-0.2, -0.15) is 13.2 Å². The molecule has 0 saturated carbocycles. The van der Waals surface area contributed by atoms with Gasteiger partial charge >= 0.3 is 6.18 Å². The maximum atomic E-state index is 13.4. The van der Waals surface area contributed by atoms with E-state index in [-0.39, 0.29) is 17.5 Å². The molecule has 0 bridgehead atoms. The van der Waals surface area contributed by atoms with Gasteiger partial charge in [0, 0.05) is 11.7 Å². The summed E-state index contributed by atoms with van der Waals surface area (Å²) in [6, 6.07) is 12.0. The molecule has 2 aromatic carbocycles. The lowest BCUT2D eigenvalue weighted by Gasteiger charge is -2.15. The fraction of sp³-hybridized carbons (Fsp3) is 0.238. The molecule has 0 radical (unpaired) electrons. The van der Waals surface area contributed by atoms with Crippen molar-refractivity contribution in [3.05, 3.63) is 72.3 Å². The fourth-order valence-corrected chi connectivity index (χ4v) is 2.87. The van der Waals surface area contributed by atoms with E-state index in [2.05, 4.69) is 10.3 Å². The summed E-state index contributed by atoms with van der Waals surface area (Å²) in [7, 11) is 0. The molecule has 0 aliphatic carbocycles. The molecule has 146 valence electrons. The Bertz CT molecular complexity index is 979. The topological polar surface area (TPSA) is 46.9 Å². The van der Waals surface area contributed by atoms with Crippen molar-refractivity contribution in [1.82, 2.24) is 14.9 Å². The first-order valence-electron chi connectivity index (χ1n) is 8.91. The zero-order chi connectivity index (χ0) is 20.3. The van der Waals surface area contributed by atoms with E-state index in [0.29, 0.717) is 16.9 Å². The number of carbonyl (C=O) groups excluding carboxylic acids is 1. The van der Waals surface area contributed by atoms with Gasteiger partial charge < -0.3 is 5.32 Å². The van der Waals surface area contributed by atoms with Crippen LogP contribution in [-0.4, -0.2) is 21.5 Å². The molecule has 3 aromatic rings. The average Bonchev–Trinajstić information content (AvgIpc) is 3.17. The molecule has 1 N–H and O–H groups in total. The van der Waals surface area contributed by atoms with Crippen molar-refractivity contribution in [2.24, 2.45) is 0 Å². The number of nitrogens with one attached hydrogen (secondary N) is 1. The van der Waals surface area contributed by atoms with E-state index in [4.69, 9.17) is 0 Å². The van der Waals surface area contributed by atoms with E-state index in [1.54, 1.807) is 34.9 Å². The van der Waals surface area contributed by atoms with Gasteiger partial charge in [-0.25, -0.2) is 4.98 Å². The Morgan fingerprint density at radius 1 is 1.18 bits per heavy atom. The SMILES string of the molecule is CC[C@@H](C)NC(=O)c1cncn1-c1cccc(-c2ccccc2C(F)(F)F)c1. The number of amides is 1. The smallest absolute Gasteiger partial charge is 0.348 e. The van der Waals surface area contributed by atoms with Crippen LogP contribution in [0.2, 0.25) is 0 Å². The third-order valence-electron chi connectivity index (χ3n) is 4.53. The van der Waals surface area contributed by atoms with E-state index < -0.39 is 11.7 Å². The summed E-state index contributed by atoms with van der Waals surface area (Å²) in [5.74, 6) is -0.284. The number of rotatable bonds is 5. The second kappa shape index (κ2) is 7.88. The lowest BCUT2D eigenvalue weighted by atomic mass is 9.99. The van der Waals surface area contributed by atoms with E-state index >= 15 is 0 Å². The predicted molar refractivity (Wildman–Crippen MR) is 101 cm³/mol. The van der Waals surface area contributed by atoms with E-state index in [9.17, 15) is 18.0 Å². The lowest BCUT2D eigenvalue weighted by Crippen LogP contribution is -2.33. The van der Waals surface area contributed by atoms with Crippen LogP contribution in [0.15, 0.2) is 61.1 Å². The van der Waals surface area contributed by atoms with Gasteiger partial charge in [-0.05, 0) is 42.7 Å². The minimum absolute atomic E-state index is 0.000784. The van der Waals surface area contributed by atoms with Crippen molar-refractivity contribution in [2.75, 3.05) is 0 Å². The number of alkyl halides is 3. The molecule has 7 heteroatoms. The zero-order valence-corrected chi connectivity index (χ0v) is 15.5. The molecule has 0 aliphatic rings. The molecule has 3 rings (SSSR count). The largest absolute Gasteiger partial charge is 0.417 e. The van der Waals surface area contributed by atoms with Crippen LogP contribution < -0.4 is 5.32 Å². The summed E-state index contributed by atoms with van der Waals surface area (Å²) in [4.78, 5) is 16.5. The summed E-state index contributed by atoms with van der Waals surface area (Å²) in [5, 5.41) is 2.87. The summed E-state index contributed by atoms with van der Waals surface area (Å²) in [6.45, 7) is 3.86. The molecule has 1 aromatic heterocycles. The first kappa shape index (κ1) is 19.7. The van der Waals surface area contributed by atoms with Crippen molar-refractivity contribution in [2.45, 2.75) is 32.5 Å². The van der Waals surface area contributed by atoms with Gasteiger partial charge in [-0.3, -0.25) is 9.36 Å². The quantitative estimate of drug-likeness (QED) is 0.663. The number of aromatic nitrogens is 2. The van der Waals surface area contributed by atoms with Crippen molar-refractivity contribution < 1.29 is 18.0 Å². The minimum atomic E-state index is -4.46. The van der Waals surface area contributed by atoms with E-state index in [0.717, 1.165) is 12.5 Å². The van der Waals surface area contributed by atoms with Crippen LogP contribution in [0.3, 0.4) is 0 Å². The Morgan fingerprint density at radius 3 is 2.64 bits per heavy atom. The van der Waals surface area contributed by atoms with Gasteiger partial charge in [0.2, 0.25) is 0 Å². The summed E-state index contributed by atoms with van der Waals surface area (Å²) in [5.41, 5.74) is 0.672. The third kappa shape index (κ3) is 4.08. The molecule has 4 nitrogen and oxygen atoms in total. The van der Waals surface area contributed by atoms with Crippen LogP contribution in [0.1, 0.15) is 36.3 Å². The van der Waals surface area contributed by atoms with E-state index in [1.807, 2.05) is 13.8 Å². The number of hydrogen-bond donors (Lipinski definition) is 1. The number of halogens is 3. The Hall–Kier alpha value is -3.09. The molecular weight excluding hydrogens is 367 g/mol. The highest BCUT2D eigenvalue weighted by Gasteiger charge is 2.33. The molecule has 28 heavy (non-hydrogen) atoms. The van der Waals surface area contributed by atoms with Gasteiger partial charge in [0.1, 0.15) is 5.69 Å². The van der Waals surface area contributed by atoms with Crippen LogP contribution in [0.25, 0.3) is 16.8 Å². The maximum absolute atomic E-state index is 13.4. The molecule has 1 atom stereocenters. The van der Waals surface area contributed by atoms with Gasteiger partial charge in [0.15, 0.2) is 0 Å². The molecule has 1 heterocycles. The van der Waals surface area contributed by atoms with Gasteiger partial charge in [0.05, 0.1) is 18.1 Å². The first-order chi connectivity index (χ1) is 13.3. The minimum Gasteiger partial charge on any atom is -0.348 e.